The first-order valence-corrected chi connectivity index (χ1v) is 6.54. The van der Waals surface area contributed by atoms with E-state index >= 15 is 0 Å². The van der Waals surface area contributed by atoms with Crippen LogP contribution < -0.4 is 4.74 Å². The molecular weight excluding hydrogens is 266 g/mol. The molecule has 2 aromatic carbocycles. The summed E-state index contributed by atoms with van der Waals surface area (Å²) in [4.78, 5) is 15.7. The maximum absolute atomic E-state index is 11.5. The predicted molar refractivity (Wildman–Crippen MR) is 79.2 cm³/mol. The number of hydrogen-bond donors (Lipinski definition) is 1. The zero-order valence-electron chi connectivity index (χ0n) is 11.1. The molecule has 0 fully saturated rings. The van der Waals surface area contributed by atoms with Crippen LogP contribution in [0.1, 0.15) is 11.7 Å². The minimum Gasteiger partial charge on any atom is -0.478 e. The van der Waals surface area contributed by atoms with Crippen LogP contribution >= 0.6 is 0 Å². The number of ether oxygens (including phenoxy) is 1. The average molecular weight is 279 g/mol. The first-order chi connectivity index (χ1) is 10.3. The van der Waals surface area contributed by atoms with Crippen LogP contribution in [0.4, 0.5) is 0 Å². The Morgan fingerprint density at radius 3 is 2.57 bits per heavy atom. The second-order valence-electron chi connectivity index (χ2n) is 4.57. The van der Waals surface area contributed by atoms with Crippen molar-refractivity contribution in [3.05, 3.63) is 72.4 Å². The lowest BCUT2D eigenvalue weighted by atomic mass is 10.1. The number of fused-ring (bicyclic) bond motifs is 1. The highest BCUT2D eigenvalue weighted by molar-refractivity contribution is 5.85. The van der Waals surface area contributed by atoms with Crippen molar-refractivity contribution in [3.63, 3.8) is 0 Å². The molecule has 0 saturated carbocycles. The average Bonchev–Trinajstić information content (AvgIpc) is 2.53. The number of carbonyl (C=O) groups is 1. The van der Waals surface area contributed by atoms with E-state index in [0.717, 1.165) is 10.9 Å². The quantitative estimate of drug-likeness (QED) is 0.794. The second kappa shape index (κ2) is 5.63. The third-order valence-electron chi connectivity index (χ3n) is 3.18. The van der Waals surface area contributed by atoms with E-state index < -0.39 is 12.1 Å². The van der Waals surface area contributed by atoms with Crippen LogP contribution in [0.15, 0.2) is 66.9 Å². The van der Waals surface area contributed by atoms with Crippen LogP contribution in [0.25, 0.3) is 10.9 Å². The van der Waals surface area contributed by atoms with Crippen molar-refractivity contribution in [2.75, 3.05) is 0 Å². The number of pyridine rings is 1. The standard InChI is InChI=1S/C17H13NO3/c19-17(20)16(12-6-2-1-3-7-12)21-15-10-4-9-14-13(15)8-5-11-18-14/h1-11,16H,(H,19,20). The van der Waals surface area contributed by atoms with Gasteiger partial charge in [0.05, 0.1) is 5.52 Å². The number of carboxylic acid groups (broad SMARTS) is 1. The minimum atomic E-state index is -1.04. The van der Waals surface area contributed by atoms with Crippen LogP contribution in [0.5, 0.6) is 5.75 Å². The summed E-state index contributed by atoms with van der Waals surface area (Å²) in [6.45, 7) is 0. The highest BCUT2D eigenvalue weighted by Gasteiger charge is 2.22. The van der Waals surface area contributed by atoms with Gasteiger partial charge in [0.1, 0.15) is 5.75 Å². The van der Waals surface area contributed by atoms with Crippen LogP contribution in [-0.4, -0.2) is 16.1 Å². The van der Waals surface area contributed by atoms with Crippen molar-refractivity contribution < 1.29 is 14.6 Å². The zero-order chi connectivity index (χ0) is 14.7. The van der Waals surface area contributed by atoms with E-state index in [4.69, 9.17) is 4.74 Å². The van der Waals surface area contributed by atoms with Crippen molar-refractivity contribution in [1.82, 2.24) is 4.98 Å². The van der Waals surface area contributed by atoms with Crippen LogP contribution in [-0.2, 0) is 4.79 Å². The maximum Gasteiger partial charge on any atom is 0.349 e. The summed E-state index contributed by atoms with van der Waals surface area (Å²) in [7, 11) is 0. The molecule has 1 atom stereocenters. The predicted octanol–water partition coefficient (Wildman–Crippen LogP) is 3.44. The Hall–Kier alpha value is -2.88. The van der Waals surface area contributed by atoms with E-state index in [-0.39, 0.29) is 0 Å². The van der Waals surface area contributed by atoms with Gasteiger partial charge in [-0.1, -0.05) is 36.4 Å². The van der Waals surface area contributed by atoms with Gasteiger partial charge in [-0.3, -0.25) is 4.98 Å². The lowest BCUT2D eigenvalue weighted by Crippen LogP contribution is -2.18. The molecule has 0 aliphatic rings. The molecule has 4 nitrogen and oxygen atoms in total. The first-order valence-electron chi connectivity index (χ1n) is 6.54. The maximum atomic E-state index is 11.5. The molecule has 4 heteroatoms. The number of aliphatic carboxylic acids is 1. The largest absolute Gasteiger partial charge is 0.478 e. The Bertz CT molecular complexity index is 766. The van der Waals surface area contributed by atoms with Crippen molar-refractivity contribution in [1.29, 1.82) is 0 Å². The third-order valence-corrected chi connectivity index (χ3v) is 3.18. The SMILES string of the molecule is O=C(O)C(Oc1cccc2ncccc12)c1ccccc1. The molecule has 1 unspecified atom stereocenters. The molecule has 0 bridgehead atoms. The van der Waals surface area contributed by atoms with Gasteiger partial charge in [0.25, 0.3) is 0 Å². The van der Waals surface area contributed by atoms with Crippen LogP contribution in [0, 0.1) is 0 Å². The number of rotatable bonds is 4. The smallest absolute Gasteiger partial charge is 0.349 e. The van der Waals surface area contributed by atoms with Crippen molar-refractivity contribution >= 4 is 16.9 Å². The van der Waals surface area contributed by atoms with Gasteiger partial charge in [0.2, 0.25) is 6.10 Å². The van der Waals surface area contributed by atoms with E-state index in [1.165, 1.54) is 0 Å². The molecule has 0 aliphatic heterocycles. The number of nitrogens with zero attached hydrogens (tertiary/aromatic N) is 1. The molecule has 0 saturated heterocycles. The molecule has 21 heavy (non-hydrogen) atoms. The topological polar surface area (TPSA) is 59.4 Å². The van der Waals surface area contributed by atoms with E-state index in [2.05, 4.69) is 4.98 Å². The number of aromatic nitrogens is 1. The van der Waals surface area contributed by atoms with E-state index in [0.29, 0.717) is 11.3 Å². The minimum absolute atomic E-state index is 0.511. The highest BCUT2D eigenvalue weighted by atomic mass is 16.5. The molecule has 0 aliphatic carbocycles. The van der Waals surface area contributed by atoms with Crippen molar-refractivity contribution in [2.24, 2.45) is 0 Å². The van der Waals surface area contributed by atoms with E-state index in [1.807, 2.05) is 18.2 Å². The number of carboxylic acids is 1. The van der Waals surface area contributed by atoms with Crippen LogP contribution in [0.2, 0.25) is 0 Å². The van der Waals surface area contributed by atoms with Gasteiger partial charge in [-0.05, 0) is 24.3 Å². The summed E-state index contributed by atoms with van der Waals surface area (Å²) >= 11 is 0. The molecule has 0 radical (unpaired) electrons. The summed E-state index contributed by atoms with van der Waals surface area (Å²) in [6.07, 6.45) is 0.648. The lowest BCUT2D eigenvalue weighted by molar-refractivity contribution is -0.145. The fraction of sp³-hybridized carbons (Fsp3) is 0.0588. The first kappa shape index (κ1) is 13.1. The van der Waals surface area contributed by atoms with Gasteiger partial charge >= 0.3 is 5.97 Å². The Morgan fingerprint density at radius 1 is 1.00 bits per heavy atom. The molecule has 1 N–H and O–H groups in total. The van der Waals surface area contributed by atoms with Gasteiger partial charge in [-0.2, -0.15) is 0 Å². The van der Waals surface area contributed by atoms with Crippen LogP contribution in [0.3, 0.4) is 0 Å². The molecule has 3 rings (SSSR count). The Balaban J connectivity index is 2.01. The van der Waals surface area contributed by atoms with Gasteiger partial charge in [0, 0.05) is 17.1 Å². The number of hydrogen-bond acceptors (Lipinski definition) is 3. The summed E-state index contributed by atoms with van der Waals surface area (Å²) in [5.74, 6) is -0.515. The van der Waals surface area contributed by atoms with Gasteiger partial charge < -0.3 is 9.84 Å². The number of benzene rings is 2. The third kappa shape index (κ3) is 2.69. The lowest BCUT2D eigenvalue weighted by Gasteiger charge is -2.16. The van der Waals surface area contributed by atoms with Gasteiger partial charge in [-0.25, -0.2) is 4.79 Å². The summed E-state index contributed by atoms with van der Waals surface area (Å²) < 4.78 is 5.74. The molecule has 1 aromatic heterocycles. The molecule has 1 heterocycles. The summed E-state index contributed by atoms with van der Waals surface area (Å²) in [5, 5.41) is 10.2. The van der Waals surface area contributed by atoms with E-state index in [1.54, 1.807) is 48.7 Å². The molecule has 0 amide bonds. The molecule has 104 valence electrons. The fourth-order valence-electron chi connectivity index (χ4n) is 2.19. The molecule has 0 spiro atoms. The van der Waals surface area contributed by atoms with E-state index in [9.17, 15) is 9.90 Å². The fourth-order valence-corrected chi connectivity index (χ4v) is 2.19. The Kier molecular flexibility index (Phi) is 3.51. The second-order valence-corrected chi connectivity index (χ2v) is 4.57. The van der Waals surface area contributed by atoms with Crippen molar-refractivity contribution in [3.8, 4) is 5.75 Å². The monoisotopic (exact) mass is 279 g/mol. The van der Waals surface area contributed by atoms with Gasteiger partial charge in [-0.15, -0.1) is 0 Å². The molecular formula is C17H13NO3. The van der Waals surface area contributed by atoms with Crippen molar-refractivity contribution in [2.45, 2.75) is 6.10 Å². The van der Waals surface area contributed by atoms with Gasteiger partial charge in [0.15, 0.2) is 0 Å². The Morgan fingerprint density at radius 2 is 1.81 bits per heavy atom. The highest BCUT2D eigenvalue weighted by Crippen LogP contribution is 2.28. The summed E-state index contributed by atoms with van der Waals surface area (Å²) in [6, 6.07) is 18.0. The summed E-state index contributed by atoms with van der Waals surface area (Å²) in [5.41, 5.74) is 1.37. The zero-order valence-corrected chi connectivity index (χ0v) is 11.1. The molecule has 3 aromatic rings. The normalized spacial score (nSPS) is 12.0. The Labute approximate surface area is 121 Å².